The number of nitro groups is 1. The van der Waals surface area contributed by atoms with Gasteiger partial charge in [0, 0.05) is 25.8 Å². The molecule has 8 nitrogen and oxygen atoms in total. The summed E-state index contributed by atoms with van der Waals surface area (Å²) in [5.74, 6) is -2.61. The second-order valence-electron chi connectivity index (χ2n) is 6.22. The third-order valence-corrected chi connectivity index (χ3v) is 4.42. The van der Waals surface area contributed by atoms with E-state index >= 15 is 0 Å². The molecule has 1 saturated heterocycles. The van der Waals surface area contributed by atoms with Gasteiger partial charge in [-0.3, -0.25) is 19.7 Å². The van der Waals surface area contributed by atoms with E-state index in [1.165, 1.54) is 18.9 Å². The molecule has 25 heavy (non-hydrogen) atoms. The smallest absolute Gasteiger partial charge is 0.313 e. The van der Waals surface area contributed by atoms with Crippen LogP contribution >= 0.6 is 0 Å². The Labute approximate surface area is 143 Å². The predicted octanol–water partition coefficient (Wildman–Crippen LogP) is 2.00. The molecule has 2 rings (SSSR count). The predicted molar refractivity (Wildman–Crippen MR) is 84.9 cm³/mol. The number of carboxylic acid groups (broad SMARTS) is 1. The summed E-state index contributed by atoms with van der Waals surface area (Å²) >= 11 is 0. The summed E-state index contributed by atoms with van der Waals surface area (Å²) in [5.41, 5.74) is -2.09. The zero-order chi connectivity index (χ0) is 18.8. The Balaban J connectivity index is 2.41. The van der Waals surface area contributed by atoms with E-state index in [0.29, 0.717) is 12.8 Å². The molecule has 0 spiro atoms. The molecular formula is C16H19FN2O6. The molecule has 1 aliphatic rings. The lowest BCUT2D eigenvalue weighted by atomic mass is 9.80. The van der Waals surface area contributed by atoms with Crippen LogP contribution in [0.5, 0.6) is 0 Å². The van der Waals surface area contributed by atoms with E-state index in [2.05, 4.69) is 0 Å². The van der Waals surface area contributed by atoms with E-state index in [0.717, 1.165) is 12.1 Å². The number of carbonyl (C=O) groups is 2. The van der Waals surface area contributed by atoms with Crippen molar-refractivity contribution < 1.29 is 28.7 Å². The minimum Gasteiger partial charge on any atom is -0.481 e. The van der Waals surface area contributed by atoms with Gasteiger partial charge in [0.15, 0.2) is 0 Å². The van der Waals surface area contributed by atoms with Gasteiger partial charge in [0.25, 0.3) is 11.6 Å². The maximum absolute atomic E-state index is 13.7. The van der Waals surface area contributed by atoms with Gasteiger partial charge in [-0.25, -0.2) is 4.39 Å². The molecule has 1 N–H and O–H groups in total. The Morgan fingerprint density at radius 3 is 2.72 bits per heavy atom. The highest BCUT2D eigenvalue weighted by Crippen LogP contribution is 2.33. The molecule has 0 aromatic heterocycles. The number of nitro benzene ring substituents is 1. The van der Waals surface area contributed by atoms with E-state index in [9.17, 15) is 29.2 Å². The van der Waals surface area contributed by atoms with Crippen molar-refractivity contribution in [3.8, 4) is 0 Å². The number of halogens is 1. The van der Waals surface area contributed by atoms with Gasteiger partial charge in [-0.1, -0.05) is 0 Å². The summed E-state index contributed by atoms with van der Waals surface area (Å²) < 4.78 is 18.7. The number of carboxylic acids is 1. The summed E-state index contributed by atoms with van der Waals surface area (Å²) in [6.07, 6.45) is 0.730. The summed E-state index contributed by atoms with van der Waals surface area (Å²) in [5, 5.41) is 20.8. The molecule has 1 atom stereocenters. The molecule has 0 saturated carbocycles. The number of carbonyl (C=O) groups excluding carboxylic acids is 1. The number of nitrogens with zero attached hydrogens (tertiary/aromatic N) is 2. The zero-order valence-electron chi connectivity index (χ0n) is 14.0. The number of rotatable bonds is 5. The molecule has 1 heterocycles. The summed E-state index contributed by atoms with van der Waals surface area (Å²) in [6.45, 7) is 1.35. The van der Waals surface area contributed by atoms with Crippen LogP contribution in [0, 0.1) is 28.3 Å². The van der Waals surface area contributed by atoms with E-state index in [4.69, 9.17) is 4.74 Å². The number of hydrogen-bond donors (Lipinski definition) is 1. The second-order valence-corrected chi connectivity index (χ2v) is 6.22. The van der Waals surface area contributed by atoms with Crippen molar-refractivity contribution >= 4 is 17.6 Å². The van der Waals surface area contributed by atoms with E-state index in [1.54, 1.807) is 0 Å². The van der Waals surface area contributed by atoms with Gasteiger partial charge in [-0.2, -0.15) is 0 Å². The van der Waals surface area contributed by atoms with Crippen molar-refractivity contribution in [1.82, 2.24) is 4.90 Å². The van der Waals surface area contributed by atoms with Gasteiger partial charge in [0.2, 0.25) is 0 Å². The lowest BCUT2D eigenvalue weighted by molar-refractivity contribution is -0.385. The highest BCUT2D eigenvalue weighted by molar-refractivity contribution is 5.99. The molecular weight excluding hydrogens is 335 g/mol. The molecule has 1 unspecified atom stereocenters. The molecule has 1 aromatic carbocycles. The van der Waals surface area contributed by atoms with Crippen LogP contribution < -0.4 is 0 Å². The molecule has 1 aromatic rings. The first kappa shape index (κ1) is 18.8. The molecule has 1 amide bonds. The van der Waals surface area contributed by atoms with Crippen LogP contribution in [0.3, 0.4) is 0 Å². The molecule has 0 aliphatic carbocycles. The monoisotopic (exact) mass is 354 g/mol. The Hall–Kier alpha value is -2.55. The van der Waals surface area contributed by atoms with Crippen molar-refractivity contribution in [1.29, 1.82) is 0 Å². The number of methoxy groups -OCH3 is 1. The number of piperidine rings is 1. The average molecular weight is 354 g/mol. The van der Waals surface area contributed by atoms with Crippen molar-refractivity contribution in [3.63, 3.8) is 0 Å². The third kappa shape index (κ3) is 3.60. The maximum atomic E-state index is 13.7. The van der Waals surface area contributed by atoms with Crippen LogP contribution in [0.1, 0.15) is 28.8 Å². The lowest BCUT2D eigenvalue weighted by Gasteiger charge is -2.39. The van der Waals surface area contributed by atoms with Gasteiger partial charge in [0.1, 0.15) is 16.8 Å². The molecule has 1 aliphatic heterocycles. The second kappa shape index (κ2) is 7.14. The van der Waals surface area contributed by atoms with Crippen LogP contribution in [0.25, 0.3) is 0 Å². The summed E-state index contributed by atoms with van der Waals surface area (Å²) in [7, 11) is 1.37. The Bertz CT molecular complexity index is 719. The van der Waals surface area contributed by atoms with E-state index in [-0.39, 0.29) is 30.8 Å². The van der Waals surface area contributed by atoms with Gasteiger partial charge < -0.3 is 14.7 Å². The Morgan fingerprint density at radius 2 is 2.16 bits per heavy atom. The topological polar surface area (TPSA) is 110 Å². The van der Waals surface area contributed by atoms with Crippen molar-refractivity contribution in [2.45, 2.75) is 19.8 Å². The van der Waals surface area contributed by atoms with Crippen LogP contribution in [0.15, 0.2) is 12.1 Å². The van der Waals surface area contributed by atoms with Gasteiger partial charge >= 0.3 is 5.97 Å². The van der Waals surface area contributed by atoms with E-state index in [1.807, 2.05) is 0 Å². The third-order valence-electron chi connectivity index (χ3n) is 4.42. The highest BCUT2D eigenvalue weighted by Gasteiger charge is 2.44. The van der Waals surface area contributed by atoms with E-state index < -0.39 is 33.7 Å². The number of benzene rings is 1. The van der Waals surface area contributed by atoms with Crippen LogP contribution in [-0.4, -0.2) is 53.6 Å². The average Bonchev–Trinajstić information content (AvgIpc) is 2.53. The van der Waals surface area contributed by atoms with Crippen molar-refractivity contribution in [2.24, 2.45) is 5.41 Å². The Morgan fingerprint density at radius 1 is 1.48 bits per heavy atom. The Kier molecular flexibility index (Phi) is 5.36. The first-order valence-electron chi connectivity index (χ1n) is 7.68. The first-order chi connectivity index (χ1) is 11.7. The standard InChI is InChI=1S/C16H19FN2O6/c1-10-6-11(17)7-12(13(10)19(23)24)14(20)18-5-3-4-16(8-18,9-25-2)15(21)22/h6-7H,3-5,8-9H2,1-2H3,(H,21,22). The highest BCUT2D eigenvalue weighted by atomic mass is 19.1. The molecule has 0 bridgehead atoms. The molecule has 136 valence electrons. The lowest BCUT2D eigenvalue weighted by Crippen LogP contribution is -2.52. The van der Waals surface area contributed by atoms with Gasteiger partial charge in [-0.15, -0.1) is 0 Å². The molecule has 1 fully saturated rings. The fourth-order valence-corrected chi connectivity index (χ4v) is 3.25. The summed E-state index contributed by atoms with van der Waals surface area (Å²) in [6, 6.07) is 1.80. The van der Waals surface area contributed by atoms with Crippen molar-refractivity contribution in [2.75, 3.05) is 26.8 Å². The largest absolute Gasteiger partial charge is 0.481 e. The SMILES string of the molecule is COCC1(C(=O)O)CCCN(C(=O)c2cc(F)cc(C)c2[N+](=O)[O-])C1. The number of amides is 1. The van der Waals surface area contributed by atoms with Crippen LogP contribution in [-0.2, 0) is 9.53 Å². The fraction of sp³-hybridized carbons (Fsp3) is 0.500. The zero-order valence-corrected chi connectivity index (χ0v) is 14.0. The minimum absolute atomic E-state index is 0.0340. The number of aryl methyl sites for hydroxylation is 1. The number of likely N-dealkylation sites (tertiary alicyclic amines) is 1. The van der Waals surface area contributed by atoms with Crippen molar-refractivity contribution in [3.05, 3.63) is 39.2 Å². The van der Waals surface area contributed by atoms with Crippen LogP contribution in [0.4, 0.5) is 10.1 Å². The van der Waals surface area contributed by atoms with Gasteiger partial charge in [-0.05, 0) is 31.9 Å². The number of hydrogen-bond acceptors (Lipinski definition) is 5. The summed E-state index contributed by atoms with van der Waals surface area (Å²) in [4.78, 5) is 36.2. The maximum Gasteiger partial charge on any atom is 0.313 e. The number of aliphatic carboxylic acids is 1. The normalized spacial score (nSPS) is 20.4. The molecule has 9 heteroatoms. The number of ether oxygens (including phenoxy) is 1. The molecule has 0 radical (unpaired) electrons. The minimum atomic E-state index is -1.28. The first-order valence-corrected chi connectivity index (χ1v) is 7.68. The van der Waals surface area contributed by atoms with Gasteiger partial charge in [0.05, 0.1) is 11.5 Å². The quantitative estimate of drug-likeness (QED) is 0.640. The van der Waals surface area contributed by atoms with Crippen LogP contribution in [0.2, 0.25) is 0 Å². The fourth-order valence-electron chi connectivity index (χ4n) is 3.25.